The smallest absolute Gasteiger partial charge is 0.250 e. The van der Waals surface area contributed by atoms with Crippen molar-refractivity contribution in [2.45, 2.75) is 64.6 Å². The molecule has 0 fully saturated rings. The molecule has 0 amide bonds. The minimum absolute atomic E-state index is 0.271. The Bertz CT molecular complexity index is 328. The standard InChI is InChI=1S/C15H26OSi/c1-7-9-13-10-8-11-14(12-13)16-17(5,6)15(2,3)4/h1,12-13H,8-11H2,2-6H3. The lowest BCUT2D eigenvalue weighted by Gasteiger charge is -2.38. The van der Waals surface area contributed by atoms with Crippen LogP contribution in [0.5, 0.6) is 0 Å². The topological polar surface area (TPSA) is 9.23 Å². The number of hydrogen-bond acceptors (Lipinski definition) is 1. The first kappa shape index (κ1) is 14.4. The Morgan fingerprint density at radius 3 is 2.65 bits per heavy atom. The highest BCUT2D eigenvalue weighted by atomic mass is 28.4. The predicted molar refractivity (Wildman–Crippen MR) is 77.2 cm³/mol. The molecule has 1 nitrogen and oxygen atoms in total. The van der Waals surface area contributed by atoms with E-state index >= 15 is 0 Å². The summed E-state index contributed by atoms with van der Waals surface area (Å²) in [7, 11) is -1.66. The van der Waals surface area contributed by atoms with Crippen LogP contribution in [-0.4, -0.2) is 8.32 Å². The Balaban J connectivity index is 2.72. The van der Waals surface area contributed by atoms with Crippen molar-refractivity contribution in [3.05, 3.63) is 11.8 Å². The first-order valence-electron chi connectivity index (χ1n) is 6.59. The summed E-state index contributed by atoms with van der Waals surface area (Å²) in [6, 6.07) is 0. The predicted octanol–water partition coefficient (Wildman–Crippen LogP) is 4.72. The molecule has 0 aromatic heterocycles. The van der Waals surface area contributed by atoms with Crippen LogP contribution in [0, 0.1) is 18.3 Å². The van der Waals surface area contributed by atoms with Gasteiger partial charge in [0.2, 0.25) is 8.32 Å². The third kappa shape index (κ3) is 3.92. The first-order valence-corrected chi connectivity index (χ1v) is 9.50. The van der Waals surface area contributed by atoms with Crippen molar-refractivity contribution in [1.82, 2.24) is 0 Å². The van der Waals surface area contributed by atoms with Gasteiger partial charge in [-0.05, 0) is 43.0 Å². The maximum atomic E-state index is 6.35. The van der Waals surface area contributed by atoms with Crippen LogP contribution in [-0.2, 0) is 4.43 Å². The second-order valence-electron chi connectivity index (χ2n) is 6.56. The van der Waals surface area contributed by atoms with E-state index in [0.717, 1.165) is 12.8 Å². The summed E-state index contributed by atoms with van der Waals surface area (Å²) in [6.45, 7) is 11.4. The second-order valence-corrected chi connectivity index (χ2v) is 11.3. The van der Waals surface area contributed by atoms with Crippen LogP contribution in [0.3, 0.4) is 0 Å². The zero-order valence-electron chi connectivity index (χ0n) is 12.0. The largest absolute Gasteiger partial charge is 0.547 e. The van der Waals surface area contributed by atoms with Crippen molar-refractivity contribution in [1.29, 1.82) is 0 Å². The van der Waals surface area contributed by atoms with Gasteiger partial charge in [0, 0.05) is 12.8 Å². The molecule has 1 rings (SSSR count). The molecule has 1 aliphatic carbocycles. The number of terminal acetylenes is 1. The molecule has 0 N–H and O–H groups in total. The van der Waals surface area contributed by atoms with Crippen molar-refractivity contribution >= 4 is 8.32 Å². The van der Waals surface area contributed by atoms with Crippen molar-refractivity contribution in [2.75, 3.05) is 0 Å². The van der Waals surface area contributed by atoms with Gasteiger partial charge in [-0.25, -0.2) is 0 Å². The average Bonchev–Trinajstić information content (AvgIpc) is 2.16. The van der Waals surface area contributed by atoms with E-state index in [9.17, 15) is 0 Å². The van der Waals surface area contributed by atoms with E-state index in [4.69, 9.17) is 10.8 Å². The van der Waals surface area contributed by atoms with E-state index in [0.29, 0.717) is 5.92 Å². The molecule has 1 aliphatic rings. The molecular weight excluding hydrogens is 224 g/mol. The summed E-state index contributed by atoms with van der Waals surface area (Å²) in [4.78, 5) is 0. The molecule has 0 aliphatic heterocycles. The second kappa shape index (κ2) is 5.31. The molecule has 0 bridgehead atoms. The minimum atomic E-state index is -1.66. The molecule has 1 atom stereocenters. The number of hydrogen-bond donors (Lipinski definition) is 0. The van der Waals surface area contributed by atoms with Gasteiger partial charge >= 0.3 is 0 Å². The number of allylic oxidation sites excluding steroid dienone is 2. The SMILES string of the molecule is C#CCC1C=C(O[Si](C)(C)C(C)(C)C)CCC1. The average molecular weight is 250 g/mol. The van der Waals surface area contributed by atoms with Gasteiger partial charge in [-0.15, -0.1) is 12.3 Å². The van der Waals surface area contributed by atoms with Crippen molar-refractivity contribution in [3.63, 3.8) is 0 Å². The van der Waals surface area contributed by atoms with Gasteiger partial charge in [0.05, 0.1) is 5.76 Å². The molecule has 2 heteroatoms. The third-order valence-corrected chi connectivity index (χ3v) is 8.38. The van der Waals surface area contributed by atoms with E-state index in [2.05, 4.69) is 45.9 Å². The lowest BCUT2D eigenvalue weighted by molar-refractivity contribution is 0.336. The Kier molecular flexibility index (Phi) is 4.49. The summed E-state index contributed by atoms with van der Waals surface area (Å²) in [6.07, 6.45) is 12.0. The lowest BCUT2D eigenvalue weighted by atomic mass is 9.92. The van der Waals surface area contributed by atoms with Crippen LogP contribution >= 0.6 is 0 Å². The van der Waals surface area contributed by atoms with Crippen LogP contribution < -0.4 is 0 Å². The van der Waals surface area contributed by atoms with Gasteiger partial charge in [0.25, 0.3) is 0 Å². The maximum Gasteiger partial charge on any atom is 0.250 e. The highest BCUT2D eigenvalue weighted by Crippen LogP contribution is 2.39. The lowest BCUT2D eigenvalue weighted by Crippen LogP contribution is -2.40. The molecule has 0 aromatic rings. The fourth-order valence-electron chi connectivity index (χ4n) is 1.85. The van der Waals surface area contributed by atoms with E-state index in [1.54, 1.807) is 0 Å². The quantitative estimate of drug-likeness (QED) is 0.520. The van der Waals surface area contributed by atoms with Gasteiger partial charge in [-0.2, -0.15) is 0 Å². The molecule has 0 spiro atoms. The highest BCUT2D eigenvalue weighted by Gasteiger charge is 2.39. The van der Waals surface area contributed by atoms with Crippen molar-refractivity contribution in [3.8, 4) is 12.3 Å². The Hall–Kier alpha value is -0.683. The van der Waals surface area contributed by atoms with E-state index in [1.165, 1.54) is 18.6 Å². The van der Waals surface area contributed by atoms with Crippen LogP contribution in [0.1, 0.15) is 46.5 Å². The van der Waals surface area contributed by atoms with Crippen molar-refractivity contribution in [2.24, 2.45) is 5.92 Å². The van der Waals surface area contributed by atoms with Crippen LogP contribution in [0.4, 0.5) is 0 Å². The summed E-state index contributed by atoms with van der Waals surface area (Å²) in [5, 5.41) is 0.271. The van der Waals surface area contributed by atoms with Crippen LogP contribution in [0.15, 0.2) is 11.8 Å². The van der Waals surface area contributed by atoms with E-state index < -0.39 is 8.32 Å². The summed E-state index contributed by atoms with van der Waals surface area (Å²) in [5.41, 5.74) is 0. The highest BCUT2D eigenvalue weighted by molar-refractivity contribution is 6.74. The fourth-order valence-corrected chi connectivity index (χ4v) is 2.98. The summed E-state index contributed by atoms with van der Waals surface area (Å²) >= 11 is 0. The first-order chi connectivity index (χ1) is 7.76. The van der Waals surface area contributed by atoms with Gasteiger partial charge in [0.15, 0.2) is 0 Å². The van der Waals surface area contributed by atoms with Gasteiger partial charge < -0.3 is 4.43 Å². The fraction of sp³-hybridized carbons (Fsp3) is 0.733. The minimum Gasteiger partial charge on any atom is -0.547 e. The Morgan fingerprint density at radius 2 is 2.12 bits per heavy atom. The molecule has 1 unspecified atom stereocenters. The third-order valence-electron chi connectivity index (χ3n) is 3.99. The maximum absolute atomic E-state index is 6.35. The molecular formula is C15H26OSi. The molecule has 17 heavy (non-hydrogen) atoms. The zero-order valence-corrected chi connectivity index (χ0v) is 13.0. The van der Waals surface area contributed by atoms with E-state index in [-0.39, 0.29) is 5.04 Å². The van der Waals surface area contributed by atoms with Gasteiger partial charge in [-0.1, -0.05) is 20.8 Å². The Labute approximate surface area is 108 Å². The van der Waals surface area contributed by atoms with Gasteiger partial charge in [-0.3, -0.25) is 0 Å². The molecule has 0 radical (unpaired) electrons. The molecule has 0 saturated carbocycles. The molecule has 0 heterocycles. The van der Waals surface area contributed by atoms with Crippen LogP contribution in [0.25, 0.3) is 0 Å². The van der Waals surface area contributed by atoms with Crippen LogP contribution in [0.2, 0.25) is 18.1 Å². The zero-order chi connectivity index (χ0) is 13.1. The Morgan fingerprint density at radius 1 is 1.47 bits per heavy atom. The van der Waals surface area contributed by atoms with Crippen molar-refractivity contribution < 1.29 is 4.43 Å². The molecule has 0 saturated heterocycles. The molecule has 96 valence electrons. The van der Waals surface area contributed by atoms with E-state index in [1.807, 2.05) is 0 Å². The number of rotatable bonds is 3. The molecule has 0 aromatic carbocycles. The summed E-state index contributed by atoms with van der Waals surface area (Å²) in [5.74, 6) is 4.50. The van der Waals surface area contributed by atoms with Gasteiger partial charge in [0.1, 0.15) is 0 Å². The normalized spacial score (nSPS) is 21.6. The summed E-state index contributed by atoms with van der Waals surface area (Å²) < 4.78 is 6.35. The monoisotopic (exact) mass is 250 g/mol.